The van der Waals surface area contributed by atoms with Crippen molar-refractivity contribution < 1.29 is 9.59 Å². The van der Waals surface area contributed by atoms with Gasteiger partial charge in [-0.3, -0.25) is 9.59 Å². The largest absolute Gasteiger partial charge is 0.274 e. The van der Waals surface area contributed by atoms with E-state index in [0.717, 1.165) is 29.7 Å². The van der Waals surface area contributed by atoms with E-state index in [9.17, 15) is 9.59 Å². The highest BCUT2D eigenvalue weighted by Crippen LogP contribution is 2.50. The molecule has 4 aliphatic rings. The summed E-state index contributed by atoms with van der Waals surface area (Å²) in [6.45, 7) is 3.99. The Morgan fingerprint density at radius 3 is 2.00 bits per heavy atom. The molecular formula is C18H19NO2. The molecule has 5 rings (SSSR count). The highest BCUT2D eigenvalue weighted by atomic mass is 16.2. The number of nitrogens with zero attached hydrogens (tertiary/aromatic N) is 1. The third-order valence-electron chi connectivity index (χ3n) is 5.35. The minimum atomic E-state index is -0.123. The number of amides is 2. The Morgan fingerprint density at radius 2 is 1.52 bits per heavy atom. The Labute approximate surface area is 124 Å². The molecule has 2 amide bonds. The van der Waals surface area contributed by atoms with Crippen LogP contribution >= 0.6 is 0 Å². The SMILES string of the molecule is Cc1ccc(N2C(=O)[C@@H]3[C@H](C2=O)[C@@H]2C=C[C@H]3CC2)c(C)c1. The molecule has 0 aromatic heterocycles. The molecule has 1 saturated carbocycles. The number of carbonyl (C=O) groups is 2. The first kappa shape index (κ1) is 12.8. The second kappa shape index (κ2) is 4.30. The zero-order chi connectivity index (χ0) is 14.7. The maximum atomic E-state index is 12.8. The molecule has 1 aliphatic heterocycles. The van der Waals surface area contributed by atoms with E-state index >= 15 is 0 Å². The van der Waals surface area contributed by atoms with Crippen LogP contribution in [0, 0.1) is 37.5 Å². The first-order valence-corrected chi connectivity index (χ1v) is 7.71. The minimum Gasteiger partial charge on any atom is -0.274 e. The van der Waals surface area contributed by atoms with Crippen molar-refractivity contribution in [2.45, 2.75) is 26.7 Å². The van der Waals surface area contributed by atoms with Crippen LogP contribution < -0.4 is 4.90 Å². The summed E-state index contributed by atoms with van der Waals surface area (Å²) in [7, 11) is 0. The van der Waals surface area contributed by atoms with Gasteiger partial charge in [0, 0.05) is 0 Å². The van der Waals surface area contributed by atoms with Gasteiger partial charge in [0.15, 0.2) is 0 Å². The van der Waals surface area contributed by atoms with Gasteiger partial charge in [0.1, 0.15) is 0 Å². The van der Waals surface area contributed by atoms with Crippen molar-refractivity contribution >= 4 is 17.5 Å². The number of hydrogen-bond donors (Lipinski definition) is 0. The van der Waals surface area contributed by atoms with Gasteiger partial charge in [-0.25, -0.2) is 4.90 Å². The summed E-state index contributed by atoms with van der Waals surface area (Å²) >= 11 is 0. The third-order valence-corrected chi connectivity index (χ3v) is 5.35. The summed E-state index contributed by atoms with van der Waals surface area (Å²) in [4.78, 5) is 27.2. The topological polar surface area (TPSA) is 37.4 Å². The molecule has 3 heteroatoms. The average molecular weight is 281 g/mol. The Bertz CT molecular complexity index is 644. The molecule has 4 atom stereocenters. The number of benzene rings is 1. The fourth-order valence-corrected chi connectivity index (χ4v) is 4.37. The van der Waals surface area contributed by atoms with Crippen LogP contribution in [0.2, 0.25) is 0 Å². The van der Waals surface area contributed by atoms with E-state index in [1.54, 1.807) is 0 Å². The molecule has 2 fully saturated rings. The van der Waals surface area contributed by atoms with Crippen molar-refractivity contribution in [2.75, 3.05) is 4.90 Å². The first-order valence-electron chi connectivity index (χ1n) is 7.71. The summed E-state index contributed by atoms with van der Waals surface area (Å²) in [5.74, 6) is 0.287. The Kier molecular flexibility index (Phi) is 2.62. The Hall–Kier alpha value is -1.90. The lowest BCUT2D eigenvalue weighted by Gasteiger charge is -2.38. The van der Waals surface area contributed by atoms with Gasteiger partial charge in [0.05, 0.1) is 17.5 Å². The smallest absolute Gasteiger partial charge is 0.238 e. The zero-order valence-electron chi connectivity index (χ0n) is 12.4. The van der Waals surface area contributed by atoms with E-state index < -0.39 is 0 Å². The van der Waals surface area contributed by atoms with Crippen LogP contribution in [0.5, 0.6) is 0 Å². The number of allylic oxidation sites excluding steroid dienone is 2. The molecule has 1 aromatic rings. The third kappa shape index (κ3) is 1.66. The molecule has 1 aromatic carbocycles. The molecule has 0 radical (unpaired) electrons. The maximum absolute atomic E-state index is 12.8. The second-order valence-corrected chi connectivity index (χ2v) is 6.64. The standard InChI is InChI=1S/C18H19NO2/c1-10-3-8-14(11(2)9-10)19-17(20)15-12-4-5-13(7-6-12)16(15)18(19)21/h3-5,8-9,12-13,15-16H,6-7H2,1-2H3/t12-,13+,15-,16+. The molecule has 3 nitrogen and oxygen atoms in total. The van der Waals surface area contributed by atoms with Gasteiger partial charge in [-0.1, -0.05) is 29.8 Å². The number of fused-ring (bicyclic) bond motifs is 1. The lowest BCUT2D eigenvalue weighted by atomic mass is 9.63. The summed E-state index contributed by atoms with van der Waals surface area (Å²) in [5.41, 5.74) is 2.91. The van der Waals surface area contributed by atoms with Crippen LogP contribution in [0.15, 0.2) is 30.4 Å². The minimum absolute atomic E-state index is 0.0102. The fourth-order valence-electron chi connectivity index (χ4n) is 4.37. The summed E-state index contributed by atoms with van der Waals surface area (Å²) < 4.78 is 0. The number of hydrogen-bond acceptors (Lipinski definition) is 2. The van der Waals surface area contributed by atoms with Crippen LogP contribution in [-0.2, 0) is 9.59 Å². The first-order chi connectivity index (χ1) is 10.1. The van der Waals surface area contributed by atoms with Gasteiger partial charge < -0.3 is 0 Å². The molecule has 3 aliphatic carbocycles. The fraction of sp³-hybridized carbons (Fsp3) is 0.444. The highest BCUT2D eigenvalue weighted by molar-refractivity contribution is 6.22. The monoisotopic (exact) mass is 281 g/mol. The molecule has 1 saturated heterocycles. The van der Waals surface area contributed by atoms with E-state index in [1.807, 2.05) is 32.0 Å². The van der Waals surface area contributed by atoms with E-state index in [1.165, 1.54) is 4.90 Å². The number of carbonyl (C=O) groups excluding carboxylic acids is 2. The van der Waals surface area contributed by atoms with Crippen molar-refractivity contribution in [3.8, 4) is 0 Å². The van der Waals surface area contributed by atoms with Gasteiger partial charge in [-0.05, 0) is 50.2 Å². The molecule has 1 heterocycles. The van der Waals surface area contributed by atoms with Crippen LogP contribution in [0.4, 0.5) is 5.69 Å². The van der Waals surface area contributed by atoms with Crippen molar-refractivity contribution in [3.63, 3.8) is 0 Å². The van der Waals surface area contributed by atoms with Gasteiger partial charge >= 0.3 is 0 Å². The van der Waals surface area contributed by atoms with Crippen LogP contribution in [0.1, 0.15) is 24.0 Å². The summed E-state index contributed by atoms with van der Waals surface area (Å²) in [6.07, 6.45) is 6.40. The quantitative estimate of drug-likeness (QED) is 0.586. The van der Waals surface area contributed by atoms with Crippen molar-refractivity contribution in [2.24, 2.45) is 23.7 Å². The number of rotatable bonds is 1. The molecule has 2 bridgehead atoms. The predicted molar refractivity (Wildman–Crippen MR) is 80.7 cm³/mol. The normalized spacial score (nSPS) is 33.7. The lowest BCUT2D eigenvalue weighted by Crippen LogP contribution is -2.38. The molecule has 0 unspecified atom stereocenters. The van der Waals surface area contributed by atoms with Crippen molar-refractivity contribution in [3.05, 3.63) is 41.5 Å². The van der Waals surface area contributed by atoms with Crippen LogP contribution in [0.3, 0.4) is 0 Å². The summed E-state index contributed by atoms with van der Waals surface area (Å²) in [5, 5.41) is 0. The van der Waals surface area contributed by atoms with Crippen molar-refractivity contribution in [1.29, 1.82) is 0 Å². The Morgan fingerprint density at radius 1 is 0.952 bits per heavy atom. The van der Waals surface area contributed by atoms with E-state index in [0.29, 0.717) is 0 Å². The number of anilines is 1. The zero-order valence-corrected chi connectivity index (χ0v) is 12.4. The molecule has 0 spiro atoms. The summed E-state index contributed by atoms with van der Waals surface area (Å²) in [6, 6.07) is 5.91. The highest BCUT2D eigenvalue weighted by Gasteiger charge is 2.56. The van der Waals surface area contributed by atoms with E-state index in [2.05, 4.69) is 12.2 Å². The maximum Gasteiger partial charge on any atom is 0.238 e. The molecular weight excluding hydrogens is 262 g/mol. The van der Waals surface area contributed by atoms with Gasteiger partial charge in [-0.2, -0.15) is 0 Å². The molecule has 108 valence electrons. The van der Waals surface area contributed by atoms with E-state index in [4.69, 9.17) is 0 Å². The van der Waals surface area contributed by atoms with Gasteiger partial charge in [0.25, 0.3) is 0 Å². The number of imide groups is 1. The van der Waals surface area contributed by atoms with Crippen molar-refractivity contribution in [1.82, 2.24) is 0 Å². The van der Waals surface area contributed by atoms with Crippen LogP contribution in [-0.4, -0.2) is 11.8 Å². The average Bonchev–Trinajstić information content (AvgIpc) is 2.75. The van der Waals surface area contributed by atoms with Gasteiger partial charge in [0.2, 0.25) is 11.8 Å². The van der Waals surface area contributed by atoms with E-state index in [-0.39, 0.29) is 35.5 Å². The molecule has 21 heavy (non-hydrogen) atoms. The van der Waals surface area contributed by atoms with Crippen LogP contribution in [0.25, 0.3) is 0 Å². The lowest BCUT2D eigenvalue weighted by molar-refractivity contribution is -0.124. The molecule has 0 N–H and O–H groups in total. The second-order valence-electron chi connectivity index (χ2n) is 6.64. The van der Waals surface area contributed by atoms with Gasteiger partial charge in [-0.15, -0.1) is 0 Å². The Balaban J connectivity index is 1.78. The predicted octanol–water partition coefficient (Wildman–Crippen LogP) is 3.01. The number of aryl methyl sites for hydroxylation is 2.